The minimum atomic E-state index is -0.0547. The summed E-state index contributed by atoms with van der Waals surface area (Å²) in [6, 6.07) is 5.43. The number of ether oxygens (including phenoxy) is 1. The molecule has 0 saturated carbocycles. The highest BCUT2D eigenvalue weighted by molar-refractivity contribution is 9.10. The summed E-state index contributed by atoms with van der Waals surface area (Å²) in [5.74, 6) is 0.634. The van der Waals surface area contributed by atoms with E-state index < -0.39 is 0 Å². The molecule has 4 nitrogen and oxygen atoms in total. The van der Waals surface area contributed by atoms with E-state index in [1.807, 2.05) is 12.1 Å². The Bertz CT molecular complexity index is 511. The van der Waals surface area contributed by atoms with E-state index in [9.17, 15) is 4.79 Å². The molecule has 1 N–H and O–H groups in total. The number of carbonyl (C=O) groups excluding carboxylic acids is 1. The first-order valence-corrected chi connectivity index (χ1v) is 8.03. The van der Waals surface area contributed by atoms with Gasteiger partial charge >= 0.3 is 0 Å². The Balaban J connectivity index is 1.98. The zero-order valence-electron chi connectivity index (χ0n) is 12.9. The van der Waals surface area contributed by atoms with Gasteiger partial charge in [-0.3, -0.25) is 4.79 Å². The summed E-state index contributed by atoms with van der Waals surface area (Å²) >= 11 is 3.42. The van der Waals surface area contributed by atoms with Crippen LogP contribution in [0.3, 0.4) is 0 Å². The maximum atomic E-state index is 12.4. The molecule has 0 spiro atoms. The molecule has 2 rings (SSSR count). The molecule has 1 saturated heterocycles. The van der Waals surface area contributed by atoms with Crippen molar-refractivity contribution < 1.29 is 9.53 Å². The van der Waals surface area contributed by atoms with Gasteiger partial charge in [0, 0.05) is 11.0 Å². The Hall–Kier alpha value is -1.07. The minimum Gasteiger partial charge on any atom is -0.497 e. The Labute approximate surface area is 135 Å². The van der Waals surface area contributed by atoms with E-state index in [1.54, 1.807) is 13.2 Å². The molecular formula is C16H23BrN2O2. The Morgan fingerprint density at radius 3 is 2.71 bits per heavy atom. The number of nitrogens with one attached hydrogen (secondary N) is 1. The predicted molar refractivity (Wildman–Crippen MR) is 87.9 cm³/mol. The normalized spacial score (nSPS) is 18.3. The quantitative estimate of drug-likeness (QED) is 0.903. The number of piperidine rings is 1. The number of nitrogens with zero attached hydrogens (tertiary/aromatic N) is 1. The van der Waals surface area contributed by atoms with Crippen LogP contribution in [-0.4, -0.2) is 44.6 Å². The Kier molecular flexibility index (Phi) is 5.27. The summed E-state index contributed by atoms with van der Waals surface area (Å²) in [5.41, 5.74) is 0.805. The molecular weight excluding hydrogens is 332 g/mol. The fraction of sp³-hybridized carbons (Fsp3) is 0.562. The number of halogens is 1. The van der Waals surface area contributed by atoms with E-state index in [0.717, 1.165) is 30.4 Å². The van der Waals surface area contributed by atoms with E-state index in [0.29, 0.717) is 17.9 Å². The lowest BCUT2D eigenvalue weighted by Crippen LogP contribution is -2.43. The maximum Gasteiger partial charge on any atom is 0.252 e. The Morgan fingerprint density at radius 2 is 2.10 bits per heavy atom. The smallest absolute Gasteiger partial charge is 0.252 e. The second kappa shape index (κ2) is 6.79. The fourth-order valence-corrected chi connectivity index (χ4v) is 2.96. The first-order valence-electron chi connectivity index (χ1n) is 7.24. The molecule has 1 aliphatic heterocycles. The maximum absolute atomic E-state index is 12.4. The van der Waals surface area contributed by atoms with Gasteiger partial charge in [0.05, 0.1) is 12.7 Å². The number of methoxy groups -OCH3 is 1. The third-order valence-corrected chi connectivity index (χ3v) is 4.98. The van der Waals surface area contributed by atoms with Crippen LogP contribution in [0.1, 0.15) is 30.1 Å². The number of carbonyl (C=O) groups is 1. The van der Waals surface area contributed by atoms with Gasteiger partial charge in [-0.05, 0) is 72.5 Å². The number of hydrogen-bond acceptors (Lipinski definition) is 3. The molecule has 21 heavy (non-hydrogen) atoms. The highest BCUT2D eigenvalue weighted by Gasteiger charge is 2.29. The third kappa shape index (κ3) is 4.20. The summed E-state index contributed by atoms with van der Waals surface area (Å²) in [6.45, 7) is 5.15. The van der Waals surface area contributed by atoms with Crippen molar-refractivity contribution in [1.82, 2.24) is 10.2 Å². The molecule has 1 fully saturated rings. The fourth-order valence-electron chi connectivity index (χ4n) is 2.53. The van der Waals surface area contributed by atoms with E-state index in [4.69, 9.17) is 4.74 Å². The summed E-state index contributed by atoms with van der Waals surface area (Å²) in [4.78, 5) is 14.7. The highest BCUT2D eigenvalue weighted by Crippen LogP contribution is 2.30. The number of hydrogen-bond donors (Lipinski definition) is 1. The third-order valence-electron chi connectivity index (χ3n) is 4.29. The summed E-state index contributed by atoms with van der Waals surface area (Å²) in [5, 5.41) is 3.07. The van der Waals surface area contributed by atoms with Crippen molar-refractivity contribution in [3.05, 3.63) is 28.2 Å². The lowest BCUT2D eigenvalue weighted by Gasteiger charge is -2.38. The average Bonchev–Trinajstić information content (AvgIpc) is 2.49. The molecule has 0 aromatic heterocycles. The Morgan fingerprint density at radius 1 is 1.43 bits per heavy atom. The van der Waals surface area contributed by atoms with Gasteiger partial charge < -0.3 is 15.0 Å². The standard InChI is InChI=1S/C16H23BrN2O2/c1-16(6-8-19(2)9-7-16)11-18-15(20)13-10-12(21-3)4-5-14(13)17/h4-5,10H,6-9,11H2,1-3H3,(H,18,20). The number of benzene rings is 1. The van der Waals surface area contributed by atoms with Crippen molar-refractivity contribution in [2.75, 3.05) is 33.8 Å². The van der Waals surface area contributed by atoms with Gasteiger partial charge in [0.1, 0.15) is 5.75 Å². The molecule has 0 radical (unpaired) electrons. The van der Waals surface area contributed by atoms with E-state index in [2.05, 4.69) is 40.1 Å². The van der Waals surface area contributed by atoms with Crippen LogP contribution >= 0.6 is 15.9 Å². The van der Waals surface area contributed by atoms with E-state index >= 15 is 0 Å². The number of likely N-dealkylation sites (tertiary alicyclic amines) is 1. The first kappa shape index (κ1) is 16.3. The molecule has 1 aromatic rings. The summed E-state index contributed by atoms with van der Waals surface area (Å²) in [7, 11) is 3.75. The van der Waals surface area contributed by atoms with Crippen LogP contribution in [0.4, 0.5) is 0 Å². The molecule has 1 heterocycles. The van der Waals surface area contributed by atoms with Gasteiger partial charge in [-0.1, -0.05) is 6.92 Å². The van der Waals surface area contributed by atoms with Crippen LogP contribution in [0.5, 0.6) is 5.75 Å². The molecule has 0 bridgehead atoms. The van der Waals surface area contributed by atoms with Gasteiger partial charge in [-0.25, -0.2) is 0 Å². The molecule has 0 atom stereocenters. The molecule has 1 amide bonds. The average molecular weight is 355 g/mol. The molecule has 0 aliphatic carbocycles. The van der Waals surface area contributed by atoms with Crippen molar-refractivity contribution in [2.24, 2.45) is 5.41 Å². The number of amides is 1. The summed E-state index contributed by atoms with van der Waals surface area (Å²) < 4.78 is 5.97. The van der Waals surface area contributed by atoms with E-state index in [-0.39, 0.29) is 11.3 Å². The van der Waals surface area contributed by atoms with Gasteiger partial charge in [0.15, 0.2) is 0 Å². The van der Waals surface area contributed by atoms with Crippen molar-refractivity contribution >= 4 is 21.8 Å². The van der Waals surface area contributed by atoms with Crippen molar-refractivity contribution in [3.63, 3.8) is 0 Å². The van der Waals surface area contributed by atoms with Crippen LogP contribution in [0.15, 0.2) is 22.7 Å². The predicted octanol–water partition coefficient (Wildman–Crippen LogP) is 2.92. The van der Waals surface area contributed by atoms with Crippen LogP contribution in [-0.2, 0) is 0 Å². The van der Waals surface area contributed by atoms with E-state index in [1.165, 1.54) is 0 Å². The first-order chi connectivity index (χ1) is 9.93. The lowest BCUT2D eigenvalue weighted by molar-refractivity contribution is 0.0890. The number of rotatable bonds is 4. The topological polar surface area (TPSA) is 41.6 Å². The van der Waals surface area contributed by atoms with Crippen molar-refractivity contribution in [3.8, 4) is 5.75 Å². The van der Waals surface area contributed by atoms with Crippen LogP contribution in [0.2, 0.25) is 0 Å². The molecule has 1 aromatic carbocycles. The van der Waals surface area contributed by atoms with Crippen LogP contribution < -0.4 is 10.1 Å². The monoisotopic (exact) mass is 354 g/mol. The van der Waals surface area contributed by atoms with Gasteiger partial charge in [0.25, 0.3) is 5.91 Å². The van der Waals surface area contributed by atoms with Crippen LogP contribution in [0.25, 0.3) is 0 Å². The minimum absolute atomic E-state index is 0.0547. The molecule has 0 unspecified atom stereocenters. The van der Waals surface area contributed by atoms with Gasteiger partial charge in [-0.15, -0.1) is 0 Å². The zero-order chi connectivity index (χ0) is 15.5. The molecule has 116 valence electrons. The van der Waals surface area contributed by atoms with Crippen molar-refractivity contribution in [2.45, 2.75) is 19.8 Å². The van der Waals surface area contributed by atoms with Gasteiger partial charge in [-0.2, -0.15) is 0 Å². The zero-order valence-corrected chi connectivity index (χ0v) is 14.5. The summed E-state index contributed by atoms with van der Waals surface area (Å²) in [6.07, 6.45) is 2.23. The second-order valence-electron chi connectivity index (χ2n) is 6.14. The highest BCUT2D eigenvalue weighted by atomic mass is 79.9. The second-order valence-corrected chi connectivity index (χ2v) is 7.00. The molecule has 1 aliphatic rings. The van der Waals surface area contributed by atoms with Crippen LogP contribution in [0, 0.1) is 5.41 Å². The molecule has 5 heteroatoms. The largest absolute Gasteiger partial charge is 0.497 e. The SMILES string of the molecule is COc1ccc(Br)c(C(=O)NCC2(C)CCN(C)CC2)c1. The van der Waals surface area contributed by atoms with Crippen molar-refractivity contribution in [1.29, 1.82) is 0 Å². The lowest BCUT2D eigenvalue weighted by atomic mass is 9.80. The van der Waals surface area contributed by atoms with Gasteiger partial charge in [0.2, 0.25) is 0 Å².